The van der Waals surface area contributed by atoms with Crippen LogP contribution in [0.4, 0.5) is 0 Å². The van der Waals surface area contributed by atoms with Crippen LogP contribution in [0.5, 0.6) is 0 Å². The van der Waals surface area contributed by atoms with Crippen molar-refractivity contribution >= 4 is 76.4 Å². The maximum atomic E-state index is 7.02. The van der Waals surface area contributed by atoms with Gasteiger partial charge in [-0.25, -0.2) is 0 Å². The Balaban J connectivity index is 1.25. The molecule has 0 saturated heterocycles. The van der Waals surface area contributed by atoms with E-state index >= 15 is 0 Å². The highest BCUT2D eigenvalue weighted by molar-refractivity contribution is 7.08. The van der Waals surface area contributed by atoms with Crippen LogP contribution in [0.2, 0.25) is 0 Å². The van der Waals surface area contributed by atoms with Crippen molar-refractivity contribution in [2.24, 2.45) is 0 Å². The summed E-state index contributed by atoms with van der Waals surface area (Å²) in [6.45, 7) is 0. The predicted molar refractivity (Wildman–Crippen MR) is 223 cm³/mol. The van der Waals surface area contributed by atoms with Gasteiger partial charge in [-0.15, -0.1) is 0 Å². The minimum Gasteiger partial charge on any atom is -0.455 e. The van der Waals surface area contributed by atoms with E-state index in [0.29, 0.717) is 0 Å². The summed E-state index contributed by atoms with van der Waals surface area (Å²) in [5.74, 6) is 0. The molecule has 0 aliphatic rings. The first-order chi connectivity index (χ1) is 25.8. The van der Waals surface area contributed by atoms with Gasteiger partial charge in [0, 0.05) is 21.9 Å². The first kappa shape index (κ1) is 29.3. The number of thiophene rings is 1. The Morgan fingerprint density at radius 3 is 1.31 bits per heavy atom. The van der Waals surface area contributed by atoms with Crippen molar-refractivity contribution in [2.45, 2.75) is 0 Å². The summed E-state index contributed by atoms with van der Waals surface area (Å²) in [6, 6.07) is 61.7. The average molecular weight is 679 g/mol. The Morgan fingerprint density at radius 2 is 0.769 bits per heavy atom. The van der Waals surface area contributed by atoms with Gasteiger partial charge >= 0.3 is 0 Å². The summed E-state index contributed by atoms with van der Waals surface area (Å²) >= 11 is 1.74. The molecule has 2 heterocycles. The molecule has 0 fully saturated rings. The third kappa shape index (κ3) is 4.22. The van der Waals surface area contributed by atoms with E-state index in [0.717, 1.165) is 27.5 Å². The lowest BCUT2D eigenvalue weighted by molar-refractivity contribution is 0.670. The van der Waals surface area contributed by atoms with Crippen LogP contribution < -0.4 is 0 Å². The molecular formula is C50H30OS. The summed E-state index contributed by atoms with van der Waals surface area (Å²) in [7, 11) is 0. The molecule has 0 atom stereocenters. The lowest BCUT2D eigenvalue weighted by Crippen LogP contribution is -1.91. The van der Waals surface area contributed by atoms with E-state index in [1.807, 2.05) is 0 Å². The van der Waals surface area contributed by atoms with E-state index in [9.17, 15) is 0 Å². The molecular weight excluding hydrogens is 649 g/mol. The normalized spacial score (nSPS) is 11.8. The highest BCUT2D eigenvalue weighted by Gasteiger charge is 2.23. The monoisotopic (exact) mass is 678 g/mol. The van der Waals surface area contributed by atoms with Gasteiger partial charge in [0.1, 0.15) is 11.2 Å². The van der Waals surface area contributed by atoms with Crippen LogP contribution in [0.3, 0.4) is 0 Å². The van der Waals surface area contributed by atoms with Crippen LogP contribution in [0.15, 0.2) is 185 Å². The summed E-state index contributed by atoms with van der Waals surface area (Å²) in [4.78, 5) is 0. The zero-order chi connectivity index (χ0) is 34.2. The van der Waals surface area contributed by atoms with Crippen molar-refractivity contribution < 1.29 is 4.42 Å². The third-order valence-corrected chi connectivity index (χ3v) is 11.5. The standard InChI is InChI=1S/C50H30OS/c1-2-14-31(15-3-1)45-33-16-4-10-22-39(33)48(40-23-11-5-17-34(40)45)42-25-12-26-43-49-41(24-13-27-44(49)51-50(42)43)47-37-20-8-6-18-35(37)46(32-28-29-52-30-32)36-19-7-9-21-38(36)47/h1-30H. The molecule has 0 spiro atoms. The maximum Gasteiger partial charge on any atom is 0.143 e. The zero-order valence-electron chi connectivity index (χ0n) is 28.1. The summed E-state index contributed by atoms with van der Waals surface area (Å²) < 4.78 is 7.02. The van der Waals surface area contributed by atoms with Crippen LogP contribution in [0.1, 0.15) is 0 Å². The fraction of sp³-hybridized carbons (Fsp3) is 0. The molecule has 1 nitrogen and oxygen atoms in total. The molecule has 242 valence electrons. The Labute approximate surface area is 304 Å². The van der Waals surface area contributed by atoms with E-state index < -0.39 is 0 Å². The highest BCUT2D eigenvalue weighted by atomic mass is 32.1. The molecule has 2 heteroatoms. The number of hydrogen-bond donors (Lipinski definition) is 0. The maximum absolute atomic E-state index is 7.02. The van der Waals surface area contributed by atoms with E-state index in [2.05, 4.69) is 181 Å². The Hall–Kier alpha value is -6.48. The Kier molecular flexibility index (Phi) is 6.49. The van der Waals surface area contributed by atoms with Crippen molar-refractivity contribution in [3.8, 4) is 44.5 Å². The topological polar surface area (TPSA) is 13.1 Å². The van der Waals surface area contributed by atoms with E-state index in [1.165, 1.54) is 82.0 Å². The van der Waals surface area contributed by atoms with Crippen molar-refractivity contribution in [3.63, 3.8) is 0 Å². The lowest BCUT2D eigenvalue weighted by Gasteiger charge is -2.18. The summed E-state index contributed by atoms with van der Waals surface area (Å²) in [5, 5.41) is 16.6. The first-order valence-electron chi connectivity index (χ1n) is 17.7. The number of furan rings is 1. The molecule has 0 aliphatic carbocycles. The van der Waals surface area contributed by atoms with Gasteiger partial charge in [0.2, 0.25) is 0 Å². The molecule has 2 aromatic heterocycles. The van der Waals surface area contributed by atoms with Crippen molar-refractivity contribution in [1.29, 1.82) is 0 Å². The van der Waals surface area contributed by atoms with Crippen LogP contribution >= 0.6 is 11.3 Å². The van der Waals surface area contributed by atoms with Gasteiger partial charge in [-0.1, -0.05) is 158 Å². The van der Waals surface area contributed by atoms with Gasteiger partial charge in [-0.3, -0.25) is 0 Å². The highest BCUT2D eigenvalue weighted by Crippen LogP contribution is 2.50. The summed E-state index contributed by atoms with van der Waals surface area (Å²) in [5.41, 5.74) is 11.6. The molecule has 9 aromatic carbocycles. The predicted octanol–water partition coefficient (Wildman–Crippen LogP) is 14.9. The second-order valence-corrected chi connectivity index (χ2v) is 14.3. The molecule has 0 bridgehead atoms. The van der Waals surface area contributed by atoms with Crippen molar-refractivity contribution in [3.05, 3.63) is 181 Å². The molecule has 0 unspecified atom stereocenters. The lowest BCUT2D eigenvalue weighted by atomic mass is 9.84. The quantitative estimate of drug-likeness (QED) is 0.169. The van der Waals surface area contributed by atoms with Crippen molar-refractivity contribution in [2.75, 3.05) is 0 Å². The minimum absolute atomic E-state index is 0.893. The number of hydrogen-bond acceptors (Lipinski definition) is 2. The molecule has 52 heavy (non-hydrogen) atoms. The van der Waals surface area contributed by atoms with Crippen LogP contribution in [-0.2, 0) is 0 Å². The van der Waals surface area contributed by atoms with Gasteiger partial charge in [-0.05, 0) is 99.4 Å². The van der Waals surface area contributed by atoms with Gasteiger partial charge in [0.25, 0.3) is 0 Å². The average Bonchev–Trinajstić information content (AvgIpc) is 3.88. The smallest absolute Gasteiger partial charge is 0.143 e. The summed E-state index contributed by atoms with van der Waals surface area (Å²) in [6.07, 6.45) is 0. The van der Waals surface area contributed by atoms with E-state index in [4.69, 9.17) is 4.42 Å². The molecule has 0 radical (unpaired) electrons. The molecule has 11 rings (SSSR count). The molecule has 0 N–H and O–H groups in total. The molecule has 0 saturated carbocycles. The minimum atomic E-state index is 0.893. The van der Waals surface area contributed by atoms with Gasteiger partial charge in [0.05, 0.1) is 0 Å². The molecule has 11 aromatic rings. The zero-order valence-corrected chi connectivity index (χ0v) is 29.0. The number of benzene rings is 9. The SMILES string of the molecule is c1ccc(-c2c3ccccc3c(-c3cccc4c3oc3cccc(-c5c6ccccc6c(-c6ccsc6)c6ccccc56)c34)c3ccccc23)cc1. The fourth-order valence-corrected chi connectivity index (χ4v) is 9.37. The van der Waals surface area contributed by atoms with Gasteiger partial charge < -0.3 is 4.42 Å². The first-order valence-corrected chi connectivity index (χ1v) is 18.7. The van der Waals surface area contributed by atoms with E-state index in [1.54, 1.807) is 11.3 Å². The number of fused-ring (bicyclic) bond motifs is 7. The molecule has 0 aliphatic heterocycles. The third-order valence-electron chi connectivity index (χ3n) is 10.8. The van der Waals surface area contributed by atoms with Gasteiger partial charge in [-0.2, -0.15) is 11.3 Å². The van der Waals surface area contributed by atoms with Crippen LogP contribution in [0.25, 0.3) is 110 Å². The van der Waals surface area contributed by atoms with Crippen molar-refractivity contribution in [1.82, 2.24) is 0 Å². The second-order valence-electron chi connectivity index (χ2n) is 13.5. The van der Waals surface area contributed by atoms with Crippen LogP contribution in [0, 0.1) is 0 Å². The van der Waals surface area contributed by atoms with Gasteiger partial charge in [0.15, 0.2) is 0 Å². The fourth-order valence-electron chi connectivity index (χ4n) is 8.72. The Morgan fingerprint density at radius 1 is 0.327 bits per heavy atom. The van der Waals surface area contributed by atoms with Crippen LogP contribution in [-0.4, -0.2) is 0 Å². The Bertz CT molecular complexity index is 3050. The second kappa shape index (κ2) is 11.5. The molecule has 0 amide bonds. The largest absolute Gasteiger partial charge is 0.455 e. The van der Waals surface area contributed by atoms with E-state index in [-0.39, 0.29) is 0 Å². The number of para-hydroxylation sites is 1. The number of rotatable bonds is 4.